The van der Waals surface area contributed by atoms with E-state index >= 15 is 0 Å². The van der Waals surface area contributed by atoms with Crippen molar-refractivity contribution in [1.29, 1.82) is 0 Å². The minimum absolute atomic E-state index is 0.127. The van der Waals surface area contributed by atoms with Gasteiger partial charge in [0.2, 0.25) is 6.29 Å². The summed E-state index contributed by atoms with van der Waals surface area (Å²) in [5, 5.41) is 8.55. The predicted molar refractivity (Wildman–Crippen MR) is 62.0 cm³/mol. The predicted octanol–water partition coefficient (Wildman–Crippen LogP) is 1.55. The number of aliphatic hydroxyl groups is 1. The third-order valence-corrected chi connectivity index (χ3v) is 1.96. The maximum atomic E-state index is 11.3. The maximum Gasteiger partial charge on any atom is 0.336 e. The van der Waals surface area contributed by atoms with Gasteiger partial charge in [-0.3, -0.25) is 4.79 Å². The summed E-state index contributed by atoms with van der Waals surface area (Å²) in [6.07, 6.45) is 1.46. The van der Waals surface area contributed by atoms with Gasteiger partial charge in [-0.15, -0.1) is 0 Å². The number of ether oxygens (including phenoxy) is 2. The highest BCUT2D eigenvalue weighted by Gasteiger charge is 2.13. The molecule has 0 saturated carbocycles. The molecule has 5 nitrogen and oxygen atoms in total. The van der Waals surface area contributed by atoms with Crippen molar-refractivity contribution in [3.8, 4) is 0 Å². The summed E-state index contributed by atoms with van der Waals surface area (Å²) >= 11 is 0. The van der Waals surface area contributed by atoms with Gasteiger partial charge in [0.05, 0.1) is 0 Å². The number of unbranched alkanes of at least 4 members (excludes halogenated alkanes) is 2. The summed E-state index contributed by atoms with van der Waals surface area (Å²) in [7, 11) is 0. The Balaban J connectivity index is 3.72. The van der Waals surface area contributed by atoms with Crippen molar-refractivity contribution >= 4 is 11.9 Å². The Morgan fingerprint density at radius 3 is 2.41 bits per heavy atom. The average Bonchev–Trinajstić information content (AvgIpc) is 2.24. The zero-order valence-electron chi connectivity index (χ0n) is 10.4. The van der Waals surface area contributed by atoms with Crippen LogP contribution in [0.1, 0.15) is 39.5 Å². The van der Waals surface area contributed by atoms with Crippen molar-refractivity contribution in [2.45, 2.75) is 45.8 Å². The Morgan fingerprint density at radius 1 is 1.24 bits per heavy atom. The molecule has 0 aromatic rings. The van der Waals surface area contributed by atoms with Crippen LogP contribution in [-0.2, 0) is 19.1 Å². The Bertz CT molecular complexity index is 272. The van der Waals surface area contributed by atoms with Crippen molar-refractivity contribution in [2.24, 2.45) is 0 Å². The second-order valence-electron chi connectivity index (χ2n) is 3.78. The largest absolute Gasteiger partial charge is 0.425 e. The number of aliphatic hydroxyl groups excluding tert-OH is 1. The first-order valence-corrected chi connectivity index (χ1v) is 5.64. The van der Waals surface area contributed by atoms with E-state index in [1.165, 1.54) is 13.8 Å². The number of rotatable bonds is 8. The monoisotopic (exact) mass is 244 g/mol. The normalized spacial score (nSPS) is 11.7. The van der Waals surface area contributed by atoms with Crippen LogP contribution in [0.15, 0.2) is 12.2 Å². The fourth-order valence-electron chi connectivity index (χ4n) is 1.08. The van der Waals surface area contributed by atoms with E-state index in [1.807, 2.05) is 0 Å². The number of esters is 2. The van der Waals surface area contributed by atoms with Crippen LogP contribution >= 0.6 is 0 Å². The first kappa shape index (κ1) is 15.6. The van der Waals surface area contributed by atoms with Crippen LogP contribution in [0, 0.1) is 0 Å². The fraction of sp³-hybridized carbons (Fsp3) is 0.667. The molecular formula is C12H20O5. The van der Waals surface area contributed by atoms with Gasteiger partial charge in [0.1, 0.15) is 0 Å². The standard InChI is InChI=1S/C12H20O5/c1-9(2)12(15)17-10(3)16-11(14)7-5-4-6-8-13/h10,13H,1,4-8H2,2-3H3. The van der Waals surface area contributed by atoms with Gasteiger partial charge < -0.3 is 14.6 Å². The average molecular weight is 244 g/mol. The molecule has 98 valence electrons. The molecule has 0 aromatic carbocycles. The lowest BCUT2D eigenvalue weighted by molar-refractivity contribution is -0.181. The summed E-state index contributed by atoms with van der Waals surface area (Å²) in [5.74, 6) is -0.990. The highest BCUT2D eigenvalue weighted by molar-refractivity contribution is 5.87. The molecule has 1 atom stereocenters. The lowest BCUT2D eigenvalue weighted by atomic mass is 10.2. The Morgan fingerprint density at radius 2 is 1.88 bits per heavy atom. The molecule has 0 rings (SSSR count). The number of carbonyl (C=O) groups is 2. The van der Waals surface area contributed by atoms with Gasteiger partial charge in [0, 0.05) is 25.5 Å². The van der Waals surface area contributed by atoms with Crippen molar-refractivity contribution < 1.29 is 24.2 Å². The molecule has 0 aliphatic rings. The smallest absolute Gasteiger partial charge is 0.336 e. The summed E-state index contributed by atoms with van der Waals surface area (Å²) in [5.41, 5.74) is 0.260. The second-order valence-corrected chi connectivity index (χ2v) is 3.78. The molecule has 17 heavy (non-hydrogen) atoms. The van der Waals surface area contributed by atoms with E-state index < -0.39 is 18.2 Å². The first-order chi connectivity index (χ1) is 7.97. The van der Waals surface area contributed by atoms with E-state index in [9.17, 15) is 9.59 Å². The third kappa shape index (κ3) is 8.45. The summed E-state index contributed by atoms with van der Waals surface area (Å²) in [6, 6.07) is 0. The molecule has 0 radical (unpaired) electrons. The van der Waals surface area contributed by atoms with Crippen molar-refractivity contribution in [2.75, 3.05) is 6.61 Å². The molecule has 0 fully saturated rings. The summed E-state index contributed by atoms with van der Waals surface area (Å²) in [6.45, 7) is 6.54. The van der Waals surface area contributed by atoms with E-state index in [0.717, 1.165) is 6.42 Å². The summed E-state index contributed by atoms with van der Waals surface area (Å²) in [4.78, 5) is 22.4. The Labute approximate surface area is 101 Å². The highest BCUT2D eigenvalue weighted by Crippen LogP contribution is 2.05. The minimum Gasteiger partial charge on any atom is -0.425 e. The van der Waals surface area contributed by atoms with Gasteiger partial charge >= 0.3 is 11.9 Å². The molecule has 5 heteroatoms. The van der Waals surface area contributed by atoms with Gasteiger partial charge in [-0.2, -0.15) is 0 Å². The van der Waals surface area contributed by atoms with Crippen molar-refractivity contribution in [1.82, 2.24) is 0 Å². The van der Waals surface area contributed by atoms with Crippen LogP contribution in [0.4, 0.5) is 0 Å². The van der Waals surface area contributed by atoms with E-state index in [0.29, 0.717) is 12.8 Å². The zero-order chi connectivity index (χ0) is 13.3. The van der Waals surface area contributed by atoms with Crippen LogP contribution in [0.3, 0.4) is 0 Å². The lowest BCUT2D eigenvalue weighted by Crippen LogP contribution is -2.21. The molecule has 0 bridgehead atoms. The van der Waals surface area contributed by atoms with Crippen LogP contribution < -0.4 is 0 Å². The molecular weight excluding hydrogens is 224 g/mol. The molecule has 0 saturated heterocycles. The molecule has 0 amide bonds. The van der Waals surface area contributed by atoms with Gasteiger partial charge in [-0.1, -0.05) is 13.0 Å². The fourth-order valence-corrected chi connectivity index (χ4v) is 1.08. The molecule has 0 aliphatic heterocycles. The number of carbonyl (C=O) groups excluding carboxylic acids is 2. The van der Waals surface area contributed by atoms with Gasteiger partial charge in [0.15, 0.2) is 0 Å². The van der Waals surface area contributed by atoms with Crippen LogP contribution in [-0.4, -0.2) is 29.9 Å². The van der Waals surface area contributed by atoms with Crippen LogP contribution in [0.25, 0.3) is 0 Å². The van der Waals surface area contributed by atoms with E-state index in [1.54, 1.807) is 0 Å². The van der Waals surface area contributed by atoms with Crippen LogP contribution in [0.5, 0.6) is 0 Å². The first-order valence-electron chi connectivity index (χ1n) is 5.64. The topological polar surface area (TPSA) is 72.8 Å². The molecule has 0 heterocycles. The number of hydrogen-bond acceptors (Lipinski definition) is 5. The Hall–Kier alpha value is -1.36. The molecule has 0 aliphatic carbocycles. The van der Waals surface area contributed by atoms with Crippen molar-refractivity contribution in [3.05, 3.63) is 12.2 Å². The zero-order valence-corrected chi connectivity index (χ0v) is 10.4. The lowest BCUT2D eigenvalue weighted by Gasteiger charge is -2.13. The SMILES string of the molecule is C=C(C)C(=O)OC(C)OC(=O)CCCCCO. The minimum atomic E-state index is -0.899. The molecule has 1 unspecified atom stereocenters. The third-order valence-electron chi connectivity index (χ3n) is 1.96. The van der Waals surface area contributed by atoms with Gasteiger partial charge in [-0.25, -0.2) is 4.79 Å². The number of hydrogen-bond donors (Lipinski definition) is 1. The Kier molecular flexibility index (Phi) is 8.05. The van der Waals surface area contributed by atoms with E-state index in [4.69, 9.17) is 14.6 Å². The maximum absolute atomic E-state index is 11.3. The van der Waals surface area contributed by atoms with Crippen LogP contribution in [0.2, 0.25) is 0 Å². The molecule has 0 aromatic heterocycles. The van der Waals surface area contributed by atoms with Gasteiger partial charge in [0.25, 0.3) is 0 Å². The van der Waals surface area contributed by atoms with Crippen molar-refractivity contribution in [3.63, 3.8) is 0 Å². The molecule has 0 spiro atoms. The van der Waals surface area contributed by atoms with Gasteiger partial charge in [-0.05, 0) is 19.8 Å². The van der Waals surface area contributed by atoms with E-state index in [-0.39, 0.29) is 18.6 Å². The quantitative estimate of drug-likeness (QED) is 0.303. The highest BCUT2D eigenvalue weighted by atomic mass is 16.7. The second kappa shape index (κ2) is 8.75. The van der Waals surface area contributed by atoms with E-state index in [2.05, 4.69) is 6.58 Å². The summed E-state index contributed by atoms with van der Waals surface area (Å²) < 4.78 is 9.65. The molecule has 1 N–H and O–H groups in total.